The number of ether oxygens (including phenoxy) is 1. The molecule has 5 N–H and O–H groups in total. The summed E-state index contributed by atoms with van der Waals surface area (Å²) in [6.45, 7) is 0.669. The van der Waals surface area contributed by atoms with Gasteiger partial charge in [0.15, 0.2) is 5.79 Å². The van der Waals surface area contributed by atoms with Crippen LogP contribution in [0.25, 0.3) is 0 Å². The van der Waals surface area contributed by atoms with Gasteiger partial charge in [0.2, 0.25) is 5.91 Å². The second kappa shape index (κ2) is 6.72. The van der Waals surface area contributed by atoms with E-state index < -0.39 is 42.7 Å². The van der Waals surface area contributed by atoms with Crippen LogP contribution in [0.4, 0.5) is 0 Å². The quantitative estimate of drug-likeness (QED) is 0.463. The van der Waals surface area contributed by atoms with Crippen molar-refractivity contribution in [1.82, 2.24) is 5.32 Å². The lowest BCUT2D eigenvalue weighted by molar-refractivity contribution is -0.317. The van der Waals surface area contributed by atoms with Crippen molar-refractivity contribution in [2.45, 2.75) is 43.5 Å². The smallest absolute Gasteiger partial charge is 0.217 e. The molecule has 7 heteroatoms. The van der Waals surface area contributed by atoms with Crippen LogP contribution in [-0.4, -0.2) is 63.1 Å². The molecule has 1 aliphatic heterocycles. The molecule has 122 valence electrons. The summed E-state index contributed by atoms with van der Waals surface area (Å²) in [6.07, 6.45) is -4.05. The van der Waals surface area contributed by atoms with Crippen molar-refractivity contribution in [2.24, 2.45) is 0 Å². The highest BCUT2D eigenvalue weighted by atomic mass is 16.6. The van der Waals surface area contributed by atoms with Gasteiger partial charge in [0.05, 0.1) is 6.61 Å². The Kier molecular flexibility index (Phi) is 5.15. The molecule has 0 aliphatic carbocycles. The molecule has 0 spiro atoms. The van der Waals surface area contributed by atoms with Gasteiger partial charge in [-0.25, -0.2) is 0 Å². The summed E-state index contributed by atoms with van der Waals surface area (Å²) in [5, 5.41) is 42.6. The Morgan fingerprint density at radius 2 is 1.91 bits per heavy atom. The van der Waals surface area contributed by atoms with Crippen LogP contribution < -0.4 is 5.32 Å². The minimum atomic E-state index is -1.95. The summed E-state index contributed by atoms with van der Waals surface area (Å²) < 4.78 is 5.40. The Balaban J connectivity index is 2.31. The van der Waals surface area contributed by atoms with Crippen molar-refractivity contribution < 1.29 is 30.0 Å². The Hall–Kier alpha value is -1.51. The lowest BCUT2D eigenvalue weighted by Gasteiger charge is -2.47. The maximum Gasteiger partial charge on any atom is 0.217 e. The fourth-order valence-corrected chi connectivity index (χ4v) is 2.69. The van der Waals surface area contributed by atoms with Crippen LogP contribution in [-0.2, 0) is 16.0 Å². The van der Waals surface area contributed by atoms with Gasteiger partial charge in [0, 0.05) is 13.3 Å². The third-order valence-corrected chi connectivity index (χ3v) is 3.75. The molecular formula is C15H21NO6. The highest BCUT2D eigenvalue weighted by molar-refractivity contribution is 5.73. The number of nitrogens with one attached hydrogen (secondary N) is 1. The van der Waals surface area contributed by atoms with Crippen molar-refractivity contribution in [3.8, 4) is 0 Å². The van der Waals surface area contributed by atoms with Crippen molar-refractivity contribution in [1.29, 1.82) is 0 Å². The molecule has 0 radical (unpaired) electrons. The summed E-state index contributed by atoms with van der Waals surface area (Å²) in [4.78, 5) is 11.3. The van der Waals surface area contributed by atoms with Crippen molar-refractivity contribution >= 4 is 5.91 Å². The van der Waals surface area contributed by atoms with Crippen LogP contribution in [0.15, 0.2) is 30.3 Å². The van der Waals surface area contributed by atoms with Gasteiger partial charge in [-0.1, -0.05) is 30.3 Å². The molecule has 0 saturated carbocycles. The van der Waals surface area contributed by atoms with Crippen LogP contribution in [0.1, 0.15) is 12.5 Å². The Labute approximate surface area is 128 Å². The highest BCUT2D eigenvalue weighted by Gasteiger charge is 2.53. The van der Waals surface area contributed by atoms with Gasteiger partial charge >= 0.3 is 0 Å². The standard InChI is InChI=1S/C15H21NO6/c1-9(18)16-14-13(20)12(19)11(8-17)22-15(14,21)7-10-5-3-2-4-6-10/h2-6,11-14,17,19-21H,7-8H2,1H3,(H,16,18)/t11-,12+,13+,14-,15+/m1/s1. The van der Waals surface area contributed by atoms with Gasteiger partial charge in [0.1, 0.15) is 24.4 Å². The molecule has 2 rings (SSSR count). The molecule has 7 nitrogen and oxygen atoms in total. The second-order valence-corrected chi connectivity index (χ2v) is 5.51. The van der Waals surface area contributed by atoms with Gasteiger partial charge in [-0.15, -0.1) is 0 Å². The van der Waals surface area contributed by atoms with Crippen LogP contribution in [0.5, 0.6) is 0 Å². The molecule has 5 atom stereocenters. The maximum atomic E-state index is 11.3. The molecular weight excluding hydrogens is 290 g/mol. The SMILES string of the molecule is CC(=O)N[C@@H]1[C@@H](O)[C@@H](O)[C@@H](CO)O[C@@]1(O)Cc1ccccc1. The number of amides is 1. The van der Waals surface area contributed by atoms with Crippen molar-refractivity contribution in [2.75, 3.05) is 6.61 Å². The van der Waals surface area contributed by atoms with Gasteiger partial charge in [-0.3, -0.25) is 4.79 Å². The number of aliphatic hydroxyl groups excluding tert-OH is 3. The zero-order valence-corrected chi connectivity index (χ0v) is 12.2. The number of hydrogen-bond acceptors (Lipinski definition) is 6. The summed E-state index contributed by atoms with van der Waals surface area (Å²) in [7, 11) is 0. The third-order valence-electron chi connectivity index (χ3n) is 3.75. The Morgan fingerprint density at radius 3 is 2.45 bits per heavy atom. The molecule has 1 fully saturated rings. The normalized spacial score (nSPS) is 35.1. The van der Waals surface area contributed by atoms with E-state index in [2.05, 4.69) is 5.32 Å². The third kappa shape index (κ3) is 3.45. The topological polar surface area (TPSA) is 119 Å². The summed E-state index contributed by atoms with van der Waals surface area (Å²) in [5.41, 5.74) is 0.723. The largest absolute Gasteiger partial charge is 0.394 e. The van der Waals surface area contributed by atoms with E-state index in [4.69, 9.17) is 4.74 Å². The van der Waals surface area contributed by atoms with Crippen LogP contribution >= 0.6 is 0 Å². The highest BCUT2D eigenvalue weighted by Crippen LogP contribution is 2.31. The number of carbonyl (C=O) groups excluding carboxylic acids is 1. The molecule has 1 heterocycles. The molecule has 0 bridgehead atoms. The van der Waals surface area contributed by atoms with E-state index in [0.717, 1.165) is 5.56 Å². The monoisotopic (exact) mass is 311 g/mol. The van der Waals surface area contributed by atoms with Crippen molar-refractivity contribution in [3.63, 3.8) is 0 Å². The first-order valence-corrected chi connectivity index (χ1v) is 7.05. The minimum absolute atomic E-state index is 0.0148. The van der Waals surface area contributed by atoms with E-state index in [1.807, 2.05) is 6.07 Å². The van der Waals surface area contributed by atoms with E-state index in [1.165, 1.54) is 6.92 Å². The average molecular weight is 311 g/mol. The number of rotatable bonds is 4. The summed E-state index contributed by atoms with van der Waals surface area (Å²) in [5.74, 6) is -2.42. The first kappa shape index (κ1) is 16.9. The van der Waals surface area contributed by atoms with Crippen LogP contribution in [0.3, 0.4) is 0 Å². The first-order valence-electron chi connectivity index (χ1n) is 7.05. The van der Waals surface area contributed by atoms with Gasteiger partial charge in [-0.2, -0.15) is 0 Å². The number of benzene rings is 1. The fourth-order valence-electron chi connectivity index (χ4n) is 2.69. The minimum Gasteiger partial charge on any atom is -0.394 e. The van der Waals surface area contributed by atoms with E-state index in [0.29, 0.717) is 0 Å². The van der Waals surface area contributed by atoms with Crippen LogP contribution in [0.2, 0.25) is 0 Å². The van der Waals surface area contributed by atoms with E-state index >= 15 is 0 Å². The molecule has 1 aromatic rings. The molecule has 1 aromatic carbocycles. The molecule has 22 heavy (non-hydrogen) atoms. The summed E-state index contributed by atoms with van der Waals surface area (Å²) in [6, 6.07) is 7.68. The van der Waals surface area contributed by atoms with Crippen molar-refractivity contribution in [3.05, 3.63) is 35.9 Å². The zero-order valence-electron chi connectivity index (χ0n) is 12.2. The lowest BCUT2D eigenvalue weighted by Crippen LogP contribution is -2.70. The van der Waals surface area contributed by atoms with Crippen LogP contribution in [0, 0.1) is 0 Å². The maximum absolute atomic E-state index is 11.3. The van der Waals surface area contributed by atoms with E-state index in [1.54, 1.807) is 24.3 Å². The van der Waals surface area contributed by atoms with Gasteiger partial charge < -0.3 is 30.5 Å². The Bertz CT molecular complexity index is 510. The van der Waals surface area contributed by atoms with Gasteiger partial charge in [-0.05, 0) is 5.56 Å². The fraction of sp³-hybridized carbons (Fsp3) is 0.533. The van der Waals surface area contributed by atoms with Gasteiger partial charge in [0.25, 0.3) is 0 Å². The number of carbonyl (C=O) groups is 1. The Morgan fingerprint density at radius 1 is 1.27 bits per heavy atom. The molecule has 1 amide bonds. The molecule has 1 saturated heterocycles. The molecule has 1 aliphatic rings. The molecule has 0 unspecified atom stereocenters. The van der Waals surface area contributed by atoms with E-state index in [-0.39, 0.29) is 6.42 Å². The lowest BCUT2D eigenvalue weighted by atomic mass is 9.86. The first-order chi connectivity index (χ1) is 10.4. The second-order valence-electron chi connectivity index (χ2n) is 5.51. The van der Waals surface area contributed by atoms with E-state index in [9.17, 15) is 25.2 Å². The number of aliphatic hydroxyl groups is 4. The zero-order chi connectivity index (χ0) is 16.3. The molecule has 0 aromatic heterocycles. The number of hydrogen-bond donors (Lipinski definition) is 5. The predicted octanol–water partition coefficient (Wildman–Crippen LogP) is -1.46. The average Bonchev–Trinajstić information content (AvgIpc) is 2.48. The summed E-state index contributed by atoms with van der Waals surface area (Å²) >= 11 is 0. The predicted molar refractivity (Wildman–Crippen MR) is 76.7 cm³/mol.